The quantitative estimate of drug-likeness (QED) is 0.809. The first-order chi connectivity index (χ1) is 11.1. The van der Waals surface area contributed by atoms with Crippen LogP contribution in [-0.4, -0.2) is 31.0 Å². The van der Waals surface area contributed by atoms with Crippen molar-refractivity contribution in [1.29, 1.82) is 0 Å². The van der Waals surface area contributed by atoms with Gasteiger partial charge in [-0.25, -0.2) is 0 Å². The first-order valence-corrected chi connectivity index (χ1v) is 7.62. The lowest BCUT2D eigenvalue weighted by Gasteiger charge is -2.36. The van der Waals surface area contributed by atoms with Gasteiger partial charge in [0.05, 0.1) is 5.52 Å². The van der Waals surface area contributed by atoms with Crippen molar-refractivity contribution in [3.63, 3.8) is 0 Å². The molecule has 3 rings (SSSR count). The van der Waals surface area contributed by atoms with Crippen LogP contribution < -0.4 is 9.64 Å². The van der Waals surface area contributed by atoms with Gasteiger partial charge < -0.3 is 14.4 Å². The average molecular weight is 320 g/mol. The van der Waals surface area contributed by atoms with E-state index in [1.165, 1.54) is 12.1 Å². The number of alkyl halides is 2. The molecular formula is C17H18F2N2O2. The highest BCUT2D eigenvalue weighted by atomic mass is 19.3. The molecule has 6 heteroatoms. The number of ether oxygens (including phenoxy) is 1. The van der Waals surface area contributed by atoms with Crippen LogP contribution in [0.3, 0.4) is 0 Å². The van der Waals surface area contributed by atoms with Crippen LogP contribution in [0.25, 0.3) is 10.9 Å². The van der Waals surface area contributed by atoms with Crippen LogP contribution >= 0.6 is 0 Å². The molecule has 0 aliphatic carbocycles. The van der Waals surface area contributed by atoms with Crippen molar-refractivity contribution in [3.8, 4) is 5.75 Å². The second-order valence-electron chi connectivity index (χ2n) is 5.90. The zero-order valence-corrected chi connectivity index (χ0v) is 12.8. The molecule has 1 unspecified atom stereocenters. The van der Waals surface area contributed by atoms with Crippen LogP contribution in [0.15, 0.2) is 30.5 Å². The first kappa shape index (κ1) is 15.6. The van der Waals surface area contributed by atoms with Gasteiger partial charge in [0.2, 0.25) is 0 Å². The molecule has 1 aromatic heterocycles. The van der Waals surface area contributed by atoms with Gasteiger partial charge in [-0.15, -0.1) is 0 Å². The summed E-state index contributed by atoms with van der Waals surface area (Å²) in [4.78, 5) is 17.5. The Bertz CT molecular complexity index is 708. The molecule has 1 saturated heterocycles. The lowest BCUT2D eigenvalue weighted by Crippen LogP contribution is -2.40. The maximum atomic E-state index is 12.3. The molecule has 4 nitrogen and oxygen atoms in total. The number of aromatic nitrogens is 1. The third-order valence-corrected chi connectivity index (χ3v) is 4.40. The van der Waals surface area contributed by atoms with Crippen molar-refractivity contribution in [1.82, 2.24) is 4.98 Å². The number of carbonyl (C=O) groups is 1. The van der Waals surface area contributed by atoms with Crippen molar-refractivity contribution in [2.45, 2.75) is 20.0 Å². The van der Waals surface area contributed by atoms with Gasteiger partial charge in [0.25, 0.3) is 0 Å². The monoisotopic (exact) mass is 320 g/mol. The number of benzene rings is 1. The van der Waals surface area contributed by atoms with E-state index >= 15 is 0 Å². The Balaban J connectivity index is 1.91. The number of rotatable bonds is 4. The molecule has 0 bridgehead atoms. The third kappa shape index (κ3) is 3.25. The van der Waals surface area contributed by atoms with E-state index in [2.05, 4.69) is 21.5 Å². The smallest absolute Gasteiger partial charge is 0.387 e. The molecule has 1 aliphatic rings. The summed E-state index contributed by atoms with van der Waals surface area (Å²) in [6.45, 7) is 0.808. The Kier molecular flexibility index (Phi) is 4.41. The van der Waals surface area contributed by atoms with Crippen LogP contribution in [0.4, 0.5) is 14.5 Å². The zero-order valence-electron chi connectivity index (χ0n) is 12.8. The molecule has 1 fully saturated rings. The number of carbonyl (C=O) groups excluding carboxylic acids is 1. The topological polar surface area (TPSA) is 42.4 Å². The van der Waals surface area contributed by atoms with Gasteiger partial charge in [-0.2, -0.15) is 8.78 Å². The van der Waals surface area contributed by atoms with Crippen molar-refractivity contribution in [3.05, 3.63) is 30.5 Å². The van der Waals surface area contributed by atoms with E-state index in [9.17, 15) is 13.6 Å². The number of aldehydes is 1. The number of fused-ring (bicyclic) bond motifs is 1. The minimum atomic E-state index is -2.85. The summed E-state index contributed by atoms with van der Waals surface area (Å²) in [5, 5.41) is 0.894. The molecule has 2 atom stereocenters. The SMILES string of the molecule is C[C@@H]1CN(c2ccnc3cc(OC(F)F)ccc23)CCC1C=O. The molecule has 0 saturated carbocycles. The minimum Gasteiger partial charge on any atom is -0.435 e. The molecule has 0 N–H and O–H groups in total. The molecule has 122 valence electrons. The summed E-state index contributed by atoms with van der Waals surface area (Å²) in [6.07, 6.45) is 3.53. The Hall–Kier alpha value is -2.24. The van der Waals surface area contributed by atoms with Crippen LogP contribution in [0, 0.1) is 11.8 Å². The van der Waals surface area contributed by atoms with Crippen molar-refractivity contribution < 1.29 is 18.3 Å². The van der Waals surface area contributed by atoms with Gasteiger partial charge in [-0.1, -0.05) is 6.92 Å². The van der Waals surface area contributed by atoms with E-state index in [-0.39, 0.29) is 17.6 Å². The summed E-state index contributed by atoms with van der Waals surface area (Å²) < 4.78 is 29.1. The van der Waals surface area contributed by atoms with Gasteiger partial charge in [0, 0.05) is 42.3 Å². The van der Waals surface area contributed by atoms with Crippen LogP contribution in [0.5, 0.6) is 5.75 Å². The molecule has 1 aromatic carbocycles. The van der Waals surface area contributed by atoms with E-state index in [1.807, 2.05) is 6.07 Å². The molecule has 0 radical (unpaired) electrons. The average Bonchev–Trinajstić information content (AvgIpc) is 2.53. The fraction of sp³-hybridized carbons (Fsp3) is 0.412. The summed E-state index contributed by atoms with van der Waals surface area (Å²) in [5.41, 5.74) is 1.63. The predicted molar refractivity (Wildman–Crippen MR) is 83.9 cm³/mol. The Morgan fingerprint density at radius 1 is 1.39 bits per heavy atom. The van der Waals surface area contributed by atoms with Gasteiger partial charge >= 0.3 is 6.61 Å². The van der Waals surface area contributed by atoms with E-state index in [0.717, 1.165) is 36.9 Å². The highest BCUT2D eigenvalue weighted by Gasteiger charge is 2.26. The zero-order chi connectivity index (χ0) is 16.4. The van der Waals surface area contributed by atoms with E-state index in [0.29, 0.717) is 5.52 Å². The summed E-state index contributed by atoms with van der Waals surface area (Å²) in [6, 6.07) is 6.73. The number of halogens is 2. The normalized spacial score (nSPS) is 21.7. The second kappa shape index (κ2) is 6.48. The molecule has 1 aliphatic heterocycles. The minimum absolute atomic E-state index is 0.102. The van der Waals surface area contributed by atoms with Gasteiger partial charge in [0.1, 0.15) is 12.0 Å². The predicted octanol–water partition coefficient (Wildman–Crippen LogP) is 3.50. The molecular weight excluding hydrogens is 302 g/mol. The lowest BCUT2D eigenvalue weighted by atomic mass is 9.88. The lowest BCUT2D eigenvalue weighted by molar-refractivity contribution is -0.112. The number of anilines is 1. The number of nitrogens with zero attached hydrogens (tertiary/aromatic N) is 2. The standard InChI is InChI=1S/C17H18F2N2O2/c1-11-9-21(7-5-12(11)10-22)16-4-6-20-15-8-13(23-17(18)19)2-3-14(15)16/h2-4,6,8,10-12,17H,5,7,9H2,1H3/t11-,12?/m1/s1. The van der Waals surface area contributed by atoms with E-state index < -0.39 is 6.61 Å². The Labute approximate surface area is 133 Å². The maximum Gasteiger partial charge on any atom is 0.387 e. The molecule has 2 aromatic rings. The highest BCUT2D eigenvalue weighted by Crippen LogP contribution is 2.32. The Morgan fingerprint density at radius 3 is 2.91 bits per heavy atom. The number of piperidine rings is 1. The van der Waals surface area contributed by atoms with Crippen molar-refractivity contribution in [2.24, 2.45) is 11.8 Å². The van der Waals surface area contributed by atoms with E-state index in [4.69, 9.17) is 0 Å². The largest absolute Gasteiger partial charge is 0.435 e. The number of hydrogen-bond donors (Lipinski definition) is 0. The molecule has 0 amide bonds. The Morgan fingerprint density at radius 2 is 2.22 bits per heavy atom. The summed E-state index contributed by atoms with van der Waals surface area (Å²) in [7, 11) is 0. The highest BCUT2D eigenvalue weighted by molar-refractivity contribution is 5.92. The molecule has 0 spiro atoms. The number of hydrogen-bond acceptors (Lipinski definition) is 4. The van der Waals surface area contributed by atoms with Crippen LogP contribution in [-0.2, 0) is 4.79 Å². The van der Waals surface area contributed by atoms with Gasteiger partial charge in [-0.05, 0) is 30.5 Å². The fourth-order valence-electron chi connectivity index (χ4n) is 3.15. The maximum absolute atomic E-state index is 12.3. The molecule has 23 heavy (non-hydrogen) atoms. The van der Waals surface area contributed by atoms with Crippen LogP contribution in [0.1, 0.15) is 13.3 Å². The molecule has 2 heterocycles. The third-order valence-electron chi connectivity index (χ3n) is 4.40. The van der Waals surface area contributed by atoms with E-state index in [1.54, 1.807) is 12.3 Å². The summed E-state index contributed by atoms with van der Waals surface area (Å²) in [5.74, 6) is 0.487. The van der Waals surface area contributed by atoms with Crippen molar-refractivity contribution in [2.75, 3.05) is 18.0 Å². The first-order valence-electron chi connectivity index (χ1n) is 7.62. The van der Waals surface area contributed by atoms with Gasteiger partial charge in [0.15, 0.2) is 0 Å². The fourth-order valence-corrected chi connectivity index (χ4v) is 3.15. The number of pyridine rings is 1. The van der Waals surface area contributed by atoms with Crippen molar-refractivity contribution >= 4 is 22.9 Å². The van der Waals surface area contributed by atoms with Crippen LogP contribution in [0.2, 0.25) is 0 Å². The second-order valence-corrected chi connectivity index (χ2v) is 5.90. The van der Waals surface area contributed by atoms with Gasteiger partial charge in [-0.3, -0.25) is 4.98 Å². The summed E-state index contributed by atoms with van der Waals surface area (Å²) >= 11 is 0.